The highest BCUT2D eigenvalue weighted by Crippen LogP contribution is 2.22. The minimum absolute atomic E-state index is 0.506. The van der Waals surface area contributed by atoms with E-state index < -0.39 is 27.0 Å². The minimum Gasteiger partial charge on any atom is -0.351 e. The molecule has 0 atom stereocenters. The quantitative estimate of drug-likeness (QED) is 0.462. The normalized spacial score (nSPS) is 8.83. The number of rotatable bonds is 3. The van der Waals surface area contributed by atoms with Gasteiger partial charge in [0, 0.05) is 20.2 Å². The highest BCUT2D eigenvalue weighted by atomic mass is 19.1. The van der Waals surface area contributed by atoms with Crippen molar-refractivity contribution in [2.75, 3.05) is 14.1 Å². The molecule has 0 aromatic heterocycles. The molecule has 0 N–H and O–H groups in total. The number of hydrogen-bond acceptors (Lipinski definition) is 5. The van der Waals surface area contributed by atoms with Gasteiger partial charge in [0.05, 0.1) is 15.9 Å². The summed E-state index contributed by atoms with van der Waals surface area (Å²) in [6.07, 6.45) is 0.750. The van der Waals surface area contributed by atoms with Crippen LogP contribution in [0.5, 0.6) is 0 Å². The zero-order chi connectivity index (χ0) is 14.3. The number of non-ortho nitro benzene ring substituents is 1. The Kier molecular flexibility index (Phi) is 5.90. The van der Waals surface area contributed by atoms with Gasteiger partial charge in [-0.15, -0.1) is 0 Å². The van der Waals surface area contributed by atoms with Crippen molar-refractivity contribution >= 4 is 17.8 Å². The smallest absolute Gasteiger partial charge is 0.311 e. The van der Waals surface area contributed by atoms with E-state index in [1.54, 1.807) is 14.1 Å². The molecule has 0 aliphatic rings. The molecule has 1 aromatic rings. The fourth-order valence-electron chi connectivity index (χ4n) is 0.755. The minimum atomic E-state index is -1.09. The topological polar surface area (TPSA) is 107 Å². The summed E-state index contributed by atoms with van der Waals surface area (Å²) in [4.78, 5) is 29.3. The number of nitro benzene ring substituents is 2. The summed E-state index contributed by atoms with van der Waals surface area (Å²) >= 11 is 0. The van der Waals surface area contributed by atoms with Crippen molar-refractivity contribution in [3.05, 3.63) is 44.2 Å². The lowest BCUT2D eigenvalue weighted by atomic mass is 10.3. The molecule has 0 fully saturated rings. The van der Waals surface area contributed by atoms with Gasteiger partial charge >= 0.3 is 5.69 Å². The Labute approximate surface area is 101 Å². The zero-order valence-electron chi connectivity index (χ0n) is 9.57. The highest BCUT2D eigenvalue weighted by molar-refractivity contribution is 5.45. The number of carbonyl (C=O) groups is 1. The molecule has 0 bridgehead atoms. The lowest BCUT2D eigenvalue weighted by Crippen LogP contribution is -2.06. The number of amides is 1. The number of nitro groups is 2. The first kappa shape index (κ1) is 15.4. The van der Waals surface area contributed by atoms with Crippen molar-refractivity contribution < 1.29 is 19.0 Å². The summed E-state index contributed by atoms with van der Waals surface area (Å²) in [5, 5.41) is 20.3. The Bertz CT molecular complexity index is 464. The molecule has 0 spiro atoms. The third-order valence-corrected chi connectivity index (χ3v) is 1.55. The molecule has 8 nitrogen and oxygen atoms in total. The van der Waals surface area contributed by atoms with Gasteiger partial charge in [-0.1, -0.05) is 0 Å². The molecule has 0 aliphatic carbocycles. The zero-order valence-corrected chi connectivity index (χ0v) is 9.57. The number of nitrogens with zero attached hydrogens (tertiary/aromatic N) is 3. The van der Waals surface area contributed by atoms with Crippen LogP contribution < -0.4 is 0 Å². The molecule has 0 unspecified atom stereocenters. The predicted molar refractivity (Wildman–Crippen MR) is 59.5 cm³/mol. The molecule has 1 aromatic carbocycles. The van der Waals surface area contributed by atoms with Crippen molar-refractivity contribution in [3.8, 4) is 0 Å². The van der Waals surface area contributed by atoms with Crippen molar-refractivity contribution in [2.24, 2.45) is 0 Å². The van der Waals surface area contributed by atoms with Crippen LogP contribution >= 0.6 is 0 Å². The fourth-order valence-corrected chi connectivity index (χ4v) is 0.755. The number of benzene rings is 1. The van der Waals surface area contributed by atoms with Crippen molar-refractivity contribution in [1.29, 1.82) is 0 Å². The van der Waals surface area contributed by atoms with Gasteiger partial charge in [0.1, 0.15) is 0 Å². The maximum atomic E-state index is 12.6. The Morgan fingerprint density at radius 2 is 1.72 bits per heavy atom. The average molecular weight is 259 g/mol. The lowest BCUT2D eigenvalue weighted by Gasteiger charge is -1.93. The van der Waals surface area contributed by atoms with E-state index in [9.17, 15) is 29.4 Å². The van der Waals surface area contributed by atoms with E-state index in [4.69, 9.17) is 0 Å². The van der Waals surface area contributed by atoms with Gasteiger partial charge in [0.2, 0.25) is 12.2 Å². The largest absolute Gasteiger partial charge is 0.351 e. The van der Waals surface area contributed by atoms with Crippen LogP contribution in [0.15, 0.2) is 18.2 Å². The lowest BCUT2D eigenvalue weighted by molar-refractivity contribution is -0.395. The molecule has 0 saturated heterocycles. The number of carbonyl (C=O) groups excluding carboxylic acids is 1. The van der Waals surface area contributed by atoms with Crippen LogP contribution in [0.4, 0.5) is 15.8 Å². The molecule has 98 valence electrons. The Morgan fingerprint density at radius 3 is 2.06 bits per heavy atom. The Hall–Kier alpha value is -2.58. The second kappa shape index (κ2) is 6.89. The summed E-state index contributed by atoms with van der Waals surface area (Å²) < 4.78 is 12.6. The van der Waals surface area contributed by atoms with Gasteiger partial charge < -0.3 is 4.90 Å². The molecule has 0 aliphatic heterocycles. The molecule has 18 heavy (non-hydrogen) atoms. The van der Waals surface area contributed by atoms with E-state index in [2.05, 4.69) is 0 Å². The molecule has 1 rings (SSSR count). The van der Waals surface area contributed by atoms with E-state index in [0.29, 0.717) is 12.1 Å². The third-order valence-electron chi connectivity index (χ3n) is 1.55. The van der Waals surface area contributed by atoms with E-state index in [0.717, 1.165) is 12.5 Å². The predicted octanol–water partition coefficient (Wildman–Crippen LogP) is 1.35. The van der Waals surface area contributed by atoms with Gasteiger partial charge in [0.25, 0.3) is 5.69 Å². The summed E-state index contributed by atoms with van der Waals surface area (Å²) in [5.41, 5.74) is -1.40. The summed E-state index contributed by atoms with van der Waals surface area (Å²) in [6.45, 7) is 0. The number of hydrogen-bond donors (Lipinski definition) is 0. The van der Waals surface area contributed by atoms with Crippen LogP contribution in [0, 0.1) is 26.0 Å². The van der Waals surface area contributed by atoms with Crippen LogP contribution in [0.25, 0.3) is 0 Å². The van der Waals surface area contributed by atoms with E-state index >= 15 is 0 Å². The molecule has 1 amide bonds. The SMILES string of the molecule is CN(C)C=O.O=[N+]([O-])c1ccc(F)c([N+](=O)[O-])c1. The van der Waals surface area contributed by atoms with E-state index in [1.807, 2.05) is 0 Å². The van der Waals surface area contributed by atoms with Gasteiger partial charge in [-0.25, -0.2) is 0 Å². The first-order valence-corrected chi connectivity index (χ1v) is 4.49. The Balaban J connectivity index is 0.000000494. The van der Waals surface area contributed by atoms with Crippen LogP contribution in [-0.2, 0) is 4.79 Å². The molecule has 9 heteroatoms. The van der Waals surface area contributed by atoms with Gasteiger partial charge in [-0.2, -0.15) is 4.39 Å². The molecular formula is C9H10FN3O5. The van der Waals surface area contributed by atoms with Gasteiger partial charge in [-0.3, -0.25) is 25.0 Å². The van der Waals surface area contributed by atoms with E-state index in [-0.39, 0.29) is 0 Å². The van der Waals surface area contributed by atoms with Crippen LogP contribution in [0.1, 0.15) is 0 Å². The first-order valence-electron chi connectivity index (χ1n) is 4.49. The molecule has 0 saturated carbocycles. The van der Waals surface area contributed by atoms with Crippen LogP contribution in [0.3, 0.4) is 0 Å². The average Bonchev–Trinajstić information content (AvgIpc) is 2.29. The summed E-state index contributed by atoms with van der Waals surface area (Å²) in [5.74, 6) is -1.09. The molecule has 0 heterocycles. The fraction of sp³-hybridized carbons (Fsp3) is 0.222. The molecule has 0 radical (unpaired) electrons. The highest BCUT2D eigenvalue weighted by Gasteiger charge is 2.18. The second-order valence-corrected chi connectivity index (χ2v) is 3.22. The third kappa shape index (κ3) is 4.96. The first-order chi connectivity index (χ1) is 8.29. The second-order valence-electron chi connectivity index (χ2n) is 3.22. The number of halogens is 1. The van der Waals surface area contributed by atoms with Crippen molar-refractivity contribution in [1.82, 2.24) is 4.90 Å². The van der Waals surface area contributed by atoms with E-state index in [1.165, 1.54) is 4.90 Å². The van der Waals surface area contributed by atoms with Gasteiger partial charge in [0.15, 0.2) is 0 Å². The van der Waals surface area contributed by atoms with Crippen molar-refractivity contribution in [3.63, 3.8) is 0 Å². The summed E-state index contributed by atoms with van der Waals surface area (Å²) in [7, 11) is 3.38. The van der Waals surface area contributed by atoms with Crippen LogP contribution in [-0.4, -0.2) is 35.3 Å². The standard InChI is InChI=1S/C6H3FN2O4.C3H7NO/c7-5-2-1-4(8(10)11)3-6(5)9(12)13;1-4(2)3-5/h1-3H;3H,1-2H3. The monoisotopic (exact) mass is 259 g/mol. The maximum absolute atomic E-state index is 12.6. The van der Waals surface area contributed by atoms with Crippen molar-refractivity contribution in [2.45, 2.75) is 0 Å². The molecular weight excluding hydrogens is 249 g/mol. The Morgan fingerprint density at radius 1 is 1.22 bits per heavy atom. The van der Waals surface area contributed by atoms with Crippen LogP contribution in [0.2, 0.25) is 0 Å². The summed E-state index contributed by atoms with van der Waals surface area (Å²) in [6, 6.07) is 2.13. The maximum Gasteiger partial charge on any atom is 0.311 e. The van der Waals surface area contributed by atoms with Gasteiger partial charge in [-0.05, 0) is 6.07 Å².